The number of carbonyl (C=O) groups excluding carboxylic acids is 1. The fourth-order valence-corrected chi connectivity index (χ4v) is 1.83. The van der Waals surface area contributed by atoms with Crippen molar-refractivity contribution in [2.45, 2.75) is 46.6 Å². The lowest BCUT2D eigenvalue weighted by Crippen LogP contribution is -2.39. The number of carbonyl (C=O) groups is 1. The Morgan fingerprint density at radius 2 is 1.75 bits per heavy atom. The minimum atomic E-state index is -1.04. The van der Waals surface area contributed by atoms with Gasteiger partial charge in [0.25, 0.3) is 0 Å². The van der Waals surface area contributed by atoms with Crippen molar-refractivity contribution < 1.29 is 9.90 Å². The molecule has 3 nitrogen and oxygen atoms in total. The third-order valence-electron chi connectivity index (χ3n) is 4.00. The zero-order valence-corrected chi connectivity index (χ0v) is 13.2. The number of nitrogens with one attached hydrogen (secondary N) is 1. The molecule has 0 saturated carbocycles. The van der Waals surface area contributed by atoms with Crippen molar-refractivity contribution in [2.75, 3.05) is 6.54 Å². The normalized spacial score (nSPS) is 16.3. The minimum absolute atomic E-state index is 0.0105. The Hall–Kier alpha value is -1.35. The van der Waals surface area contributed by atoms with Gasteiger partial charge in [-0.15, -0.1) is 0 Å². The van der Waals surface area contributed by atoms with Crippen LogP contribution in [0.3, 0.4) is 0 Å². The minimum Gasteiger partial charge on any atom is -0.384 e. The SMILES string of the molecule is CC(CC(=O)NCC(C)(O)c1ccccc1)C(C)(C)C. The van der Waals surface area contributed by atoms with Gasteiger partial charge in [0.2, 0.25) is 5.91 Å². The summed E-state index contributed by atoms with van der Waals surface area (Å²) in [6, 6.07) is 9.40. The van der Waals surface area contributed by atoms with Crippen molar-refractivity contribution in [1.29, 1.82) is 0 Å². The Labute approximate surface area is 122 Å². The smallest absolute Gasteiger partial charge is 0.220 e. The van der Waals surface area contributed by atoms with E-state index in [0.717, 1.165) is 5.56 Å². The van der Waals surface area contributed by atoms with Crippen molar-refractivity contribution in [3.63, 3.8) is 0 Å². The number of aliphatic hydroxyl groups is 1. The summed E-state index contributed by atoms with van der Waals surface area (Å²) in [6.07, 6.45) is 0.481. The number of amides is 1. The highest BCUT2D eigenvalue weighted by molar-refractivity contribution is 5.76. The van der Waals surface area contributed by atoms with E-state index in [4.69, 9.17) is 0 Å². The van der Waals surface area contributed by atoms with E-state index in [0.29, 0.717) is 12.3 Å². The first-order valence-corrected chi connectivity index (χ1v) is 7.17. The molecule has 3 heteroatoms. The van der Waals surface area contributed by atoms with Crippen molar-refractivity contribution in [1.82, 2.24) is 5.32 Å². The van der Waals surface area contributed by atoms with Crippen molar-refractivity contribution >= 4 is 5.91 Å². The van der Waals surface area contributed by atoms with Crippen LogP contribution >= 0.6 is 0 Å². The third-order valence-corrected chi connectivity index (χ3v) is 4.00. The predicted molar refractivity (Wildman–Crippen MR) is 82.3 cm³/mol. The van der Waals surface area contributed by atoms with Gasteiger partial charge in [0, 0.05) is 6.42 Å². The molecule has 1 aromatic rings. The molecule has 0 aliphatic rings. The van der Waals surface area contributed by atoms with Crippen LogP contribution in [0.25, 0.3) is 0 Å². The summed E-state index contributed by atoms with van der Waals surface area (Å²) in [4.78, 5) is 12.0. The molecule has 20 heavy (non-hydrogen) atoms. The third kappa shape index (κ3) is 4.97. The lowest BCUT2D eigenvalue weighted by molar-refractivity contribution is -0.123. The summed E-state index contributed by atoms with van der Waals surface area (Å²) in [5.41, 5.74) is -0.120. The molecule has 2 atom stereocenters. The molecule has 1 aromatic carbocycles. The molecule has 1 amide bonds. The summed E-state index contributed by atoms with van der Waals surface area (Å²) in [6.45, 7) is 10.4. The quantitative estimate of drug-likeness (QED) is 0.869. The average molecular weight is 277 g/mol. The standard InChI is InChI=1S/C17H27NO2/c1-13(16(2,3)4)11-15(19)18-12-17(5,20)14-9-7-6-8-10-14/h6-10,13,20H,11-12H2,1-5H3,(H,18,19). The molecule has 0 aromatic heterocycles. The summed E-state index contributed by atoms with van der Waals surface area (Å²) in [7, 11) is 0. The van der Waals surface area contributed by atoms with Crippen LogP contribution in [-0.4, -0.2) is 17.6 Å². The van der Waals surface area contributed by atoms with Gasteiger partial charge >= 0.3 is 0 Å². The Morgan fingerprint density at radius 3 is 2.25 bits per heavy atom. The Bertz CT molecular complexity index is 432. The van der Waals surface area contributed by atoms with Crippen molar-refractivity contribution in [3.8, 4) is 0 Å². The lowest BCUT2D eigenvalue weighted by Gasteiger charge is -2.28. The molecule has 2 unspecified atom stereocenters. The Balaban J connectivity index is 2.53. The highest BCUT2D eigenvalue weighted by Gasteiger charge is 2.26. The zero-order chi connectivity index (χ0) is 15.4. The summed E-state index contributed by atoms with van der Waals surface area (Å²) in [5, 5.41) is 13.2. The van der Waals surface area contributed by atoms with Crippen LogP contribution in [-0.2, 0) is 10.4 Å². The van der Waals surface area contributed by atoms with Crippen LogP contribution in [0.1, 0.15) is 46.6 Å². The van der Waals surface area contributed by atoms with Crippen molar-refractivity contribution in [3.05, 3.63) is 35.9 Å². The molecule has 0 radical (unpaired) electrons. The first kappa shape index (κ1) is 16.7. The highest BCUT2D eigenvalue weighted by atomic mass is 16.3. The van der Waals surface area contributed by atoms with E-state index >= 15 is 0 Å². The second kappa shape index (κ2) is 6.40. The maximum atomic E-state index is 12.0. The lowest BCUT2D eigenvalue weighted by atomic mass is 9.80. The summed E-state index contributed by atoms with van der Waals surface area (Å²) >= 11 is 0. The molecule has 112 valence electrons. The topological polar surface area (TPSA) is 49.3 Å². The summed E-state index contributed by atoms with van der Waals surface area (Å²) < 4.78 is 0. The molecular weight excluding hydrogens is 250 g/mol. The molecule has 1 rings (SSSR count). The summed E-state index contributed by atoms with van der Waals surface area (Å²) in [5.74, 6) is 0.285. The van der Waals surface area contributed by atoms with Gasteiger partial charge in [-0.05, 0) is 23.8 Å². The number of hydrogen-bond acceptors (Lipinski definition) is 2. The highest BCUT2D eigenvalue weighted by Crippen LogP contribution is 2.28. The molecule has 0 saturated heterocycles. The largest absolute Gasteiger partial charge is 0.384 e. The maximum absolute atomic E-state index is 12.0. The Morgan fingerprint density at radius 1 is 1.20 bits per heavy atom. The van der Waals surface area contributed by atoms with Gasteiger partial charge in [-0.3, -0.25) is 4.79 Å². The van der Waals surface area contributed by atoms with Gasteiger partial charge in [-0.25, -0.2) is 0 Å². The van der Waals surface area contributed by atoms with E-state index in [9.17, 15) is 9.90 Å². The fraction of sp³-hybridized carbons (Fsp3) is 0.588. The van der Waals surface area contributed by atoms with Gasteiger partial charge in [0.15, 0.2) is 0 Å². The van der Waals surface area contributed by atoms with E-state index < -0.39 is 5.60 Å². The van der Waals surface area contributed by atoms with Gasteiger partial charge in [0.05, 0.1) is 6.54 Å². The zero-order valence-electron chi connectivity index (χ0n) is 13.2. The van der Waals surface area contributed by atoms with Crippen LogP contribution in [0, 0.1) is 11.3 Å². The molecule has 0 heterocycles. The van der Waals surface area contributed by atoms with E-state index in [-0.39, 0.29) is 17.9 Å². The van der Waals surface area contributed by atoms with Crippen LogP contribution in [0.15, 0.2) is 30.3 Å². The fourth-order valence-electron chi connectivity index (χ4n) is 1.83. The number of rotatable bonds is 5. The van der Waals surface area contributed by atoms with E-state index in [1.54, 1.807) is 6.92 Å². The average Bonchev–Trinajstić information content (AvgIpc) is 2.36. The van der Waals surface area contributed by atoms with Gasteiger partial charge in [-0.1, -0.05) is 58.0 Å². The second-order valence-corrected chi connectivity index (χ2v) is 6.89. The van der Waals surface area contributed by atoms with Crippen LogP contribution in [0.5, 0.6) is 0 Å². The molecule has 0 bridgehead atoms. The monoisotopic (exact) mass is 277 g/mol. The van der Waals surface area contributed by atoms with Crippen LogP contribution in [0.2, 0.25) is 0 Å². The Kier molecular flexibility index (Phi) is 5.35. The molecule has 2 N–H and O–H groups in total. The van der Waals surface area contributed by atoms with Gasteiger partial charge < -0.3 is 10.4 Å². The second-order valence-electron chi connectivity index (χ2n) is 6.89. The van der Waals surface area contributed by atoms with E-state index in [1.165, 1.54) is 0 Å². The van der Waals surface area contributed by atoms with Gasteiger partial charge in [0.1, 0.15) is 5.60 Å². The van der Waals surface area contributed by atoms with Gasteiger partial charge in [-0.2, -0.15) is 0 Å². The molecule has 0 fully saturated rings. The van der Waals surface area contributed by atoms with Crippen LogP contribution < -0.4 is 5.32 Å². The molecular formula is C17H27NO2. The number of benzene rings is 1. The maximum Gasteiger partial charge on any atom is 0.220 e. The van der Waals surface area contributed by atoms with E-state index in [1.807, 2.05) is 30.3 Å². The molecule has 0 aliphatic carbocycles. The molecule has 0 aliphatic heterocycles. The first-order chi connectivity index (χ1) is 9.13. The van der Waals surface area contributed by atoms with Crippen molar-refractivity contribution in [2.24, 2.45) is 11.3 Å². The first-order valence-electron chi connectivity index (χ1n) is 7.17. The van der Waals surface area contributed by atoms with E-state index in [2.05, 4.69) is 33.0 Å². The molecule has 0 spiro atoms. The van der Waals surface area contributed by atoms with Crippen LogP contribution in [0.4, 0.5) is 0 Å². The predicted octanol–water partition coefficient (Wildman–Crippen LogP) is 3.08. The number of hydrogen-bond donors (Lipinski definition) is 2.